The number of rotatable bonds is 2. The second-order valence-electron chi connectivity index (χ2n) is 1.85. The second kappa shape index (κ2) is 4.62. The van der Waals surface area contributed by atoms with Gasteiger partial charge in [-0.1, -0.05) is 0 Å². The third-order valence-electron chi connectivity index (χ3n) is 0.983. The fraction of sp³-hybridized carbons (Fsp3) is 0.667. The molecule has 0 rings (SSSR count). The van der Waals surface area contributed by atoms with Crippen molar-refractivity contribution in [3.05, 3.63) is 0 Å². The number of urea groups is 1. The Bertz CT molecular complexity index is 150. The van der Waals surface area contributed by atoms with Gasteiger partial charge in [0.25, 0.3) is 0 Å². The molecular weight excluding hydrogens is 130 g/mol. The minimum absolute atomic E-state index is 0.131. The van der Waals surface area contributed by atoms with Crippen LogP contribution in [0.3, 0.4) is 0 Å². The number of carbonyl (C=O) groups excluding carboxylic acids is 1. The van der Waals surface area contributed by atoms with E-state index < -0.39 is 0 Å². The lowest BCUT2D eigenvalue weighted by Gasteiger charge is -2.12. The van der Waals surface area contributed by atoms with Crippen molar-refractivity contribution in [2.75, 3.05) is 20.1 Å². The van der Waals surface area contributed by atoms with Crippen LogP contribution in [0.15, 0.2) is 0 Å². The lowest BCUT2D eigenvalue weighted by Crippen LogP contribution is -2.37. The molecule has 1 N–H and O–H groups in total. The summed E-state index contributed by atoms with van der Waals surface area (Å²) in [4.78, 5) is 12.1. The van der Waals surface area contributed by atoms with E-state index in [1.165, 1.54) is 4.90 Å². The van der Waals surface area contributed by atoms with E-state index in [2.05, 4.69) is 5.32 Å². The molecule has 0 bridgehead atoms. The van der Waals surface area contributed by atoms with Gasteiger partial charge in [-0.25, -0.2) is 4.79 Å². The number of amides is 2. The normalized spacial score (nSPS) is 8.10. The summed E-state index contributed by atoms with van der Waals surface area (Å²) in [5.41, 5.74) is 0. The van der Waals surface area contributed by atoms with Gasteiger partial charge < -0.3 is 10.2 Å². The molecule has 0 saturated carbocycles. The highest BCUT2D eigenvalue weighted by atomic mass is 16.2. The molecule has 4 heteroatoms. The molecule has 0 heterocycles. The van der Waals surface area contributed by atoms with Crippen LogP contribution in [0.5, 0.6) is 0 Å². The summed E-state index contributed by atoms with van der Waals surface area (Å²) in [6.07, 6.45) is 0. The van der Waals surface area contributed by atoms with Crippen molar-refractivity contribution >= 4 is 6.03 Å². The fourth-order valence-corrected chi connectivity index (χ4v) is 0.464. The maximum Gasteiger partial charge on any atom is 0.317 e. The molecule has 0 unspecified atom stereocenters. The van der Waals surface area contributed by atoms with Crippen LogP contribution >= 0.6 is 0 Å². The van der Waals surface area contributed by atoms with Crippen LogP contribution in [0.25, 0.3) is 0 Å². The number of hydrogen-bond donors (Lipinski definition) is 1. The molecule has 10 heavy (non-hydrogen) atoms. The maximum absolute atomic E-state index is 10.8. The van der Waals surface area contributed by atoms with E-state index in [0.29, 0.717) is 6.54 Å². The molecule has 0 aromatic heterocycles. The van der Waals surface area contributed by atoms with Gasteiger partial charge in [0.05, 0.1) is 6.07 Å². The Morgan fingerprint density at radius 1 is 1.80 bits per heavy atom. The third kappa shape index (κ3) is 2.92. The minimum atomic E-state index is -0.205. The van der Waals surface area contributed by atoms with Crippen LogP contribution in [-0.4, -0.2) is 31.1 Å². The summed E-state index contributed by atoms with van der Waals surface area (Å²) < 4.78 is 0. The smallest absolute Gasteiger partial charge is 0.317 e. The van der Waals surface area contributed by atoms with Gasteiger partial charge in [0.2, 0.25) is 0 Å². The first-order valence-corrected chi connectivity index (χ1v) is 3.08. The number of hydrogen-bond acceptors (Lipinski definition) is 2. The standard InChI is InChI=1S/C6H11N3O/c1-3-8-6(10)9(2)5-4-7/h3,5H2,1-2H3,(H,8,10). The van der Waals surface area contributed by atoms with E-state index >= 15 is 0 Å². The third-order valence-corrected chi connectivity index (χ3v) is 0.983. The SMILES string of the molecule is CCNC(=O)N(C)CC#N. The van der Waals surface area contributed by atoms with Crippen LogP contribution in [0.1, 0.15) is 6.92 Å². The summed E-state index contributed by atoms with van der Waals surface area (Å²) in [6, 6.07) is 1.67. The Labute approximate surface area is 60.4 Å². The predicted octanol–water partition coefficient (Wildman–Crippen LogP) is 0.171. The molecule has 0 aliphatic heterocycles. The monoisotopic (exact) mass is 141 g/mol. The zero-order valence-electron chi connectivity index (χ0n) is 6.22. The van der Waals surface area contributed by atoms with Gasteiger partial charge in [0.1, 0.15) is 6.54 Å². The average Bonchev–Trinajstić information content (AvgIpc) is 1.89. The molecule has 0 saturated heterocycles. The molecule has 0 aromatic rings. The Morgan fingerprint density at radius 2 is 2.40 bits per heavy atom. The molecule has 0 spiro atoms. The van der Waals surface area contributed by atoms with Crippen LogP contribution in [0.4, 0.5) is 4.79 Å². The highest BCUT2D eigenvalue weighted by Crippen LogP contribution is 1.80. The first-order valence-electron chi connectivity index (χ1n) is 3.08. The van der Waals surface area contributed by atoms with E-state index in [1.807, 2.05) is 13.0 Å². The first kappa shape index (κ1) is 8.76. The Kier molecular flexibility index (Phi) is 4.05. The molecule has 2 amide bonds. The van der Waals surface area contributed by atoms with Gasteiger partial charge in [0.15, 0.2) is 0 Å². The van der Waals surface area contributed by atoms with Crippen molar-refractivity contribution in [3.63, 3.8) is 0 Å². The van der Waals surface area contributed by atoms with E-state index in [4.69, 9.17) is 5.26 Å². The fourth-order valence-electron chi connectivity index (χ4n) is 0.464. The van der Waals surface area contributed by atoms with Gasteiger partial charge in [0, 0.05) is 13.6 Å². The van der Waals surface area contributed by atoms with Crippen LogP contribution < -0.4 is 5.32 Å². The van der Waals surface area contributed by atoms with Gasteiger partial charge in [-0.05, 0) is 6.92 Å². The topological polar surface area (TPSA) is 56.1 Å². The molecule has 0 radical (unpaired) electrons. The van der Waals surface area contributed by atoms with E-state index in [9.17, 15) is 4.79 Å². The summed E-state index contributed by atoms with van der Waals surface area (Å²) in [6.45, 7) is 2.55. The maximum atomic E-state index is 10.8. The molecule has 56 valence electrons. The van der Waals surface area contributed by atoms with Crippen molar-refractivity contribution < 1.29 is 4.79 Å². The summed E-state index contributed by atoms with van der Waals surface area (Å²) in [5.74, 6) is 0. The zero-order chi connectivity index (χ0) is 7.98. The zero-order valence-corrected chi connectivity index (χ0v) is 6.22. The Hall–Kier alpha value is -1.24. The first-order chi connectivity index (χ1) is 4.72. The van der Waals surface area contributed by atoms with Gasteiger partial charge in [-0.3, -0.25) is 0 Å². The minimum Gasteiger partial charge on any atom is -0.338 e. The van der Waals surface area contributed by atoms with Crippen molar-refractivity contribution in [2.45, 2.75) is 6.92 Å². The van der Waals surface area contributed by atoms with Gasteiger partial charge in [-0.15, -0.1) is 0 Å². The van der Waals surface area contributed by atoms with Crippen LogP contribution in [0.2, 0.25) is 0 Å². The Morgan fingerprint density at radius 3 is 2.80 bits per heavy atom. The van der Waals surface area contributed by atoms with Crippen LogP contribution in [-0.2, 0) is 0 Å². The van der Waals surface area contributed by atoms with Crippen molar-refractivity contribution in [3.8, 4) is 6.07 Å². The Balaban J connectivity index is 3.62. The highest BCUT2D eigenvalue weighted by Gasteiger charge is 2.03. The predicted molar refractivity (Wildman–Crippen MR) is 37.3 cm³/mol. The highest BCUT2D eigenvalue weighted by molar-refractivity contribution is 5.73. The lowest BCUT2D eigenvalue weighted by atomic mass is 10.6. The summed E-state index contributed by atoms with van der Waals surface area (Å²) in [5, 5.41) is 10.7. The quantitative estimate of drug-likeness (QED) is 0.557. The largest absolute Gasteiger partial charge is 0.338 e. The summed E-state index contributed by atoms with van der Waals surface area (Å²) in [7, 11) is 1.58. The molecule has 0 fully saturated rings. The van der Waals surface area contributed by atoms with E-state index in [1.54, 1.807) is 7.05 Å². The van der Waals surface area contributed by atoms with Crippen molar-refractivity contribution in [1.29, 1.82) is 5.26 Å². The molecule has 0 aromatic carbocycles. The van der Waals surface area contributed by atoms with Gasteiger partial charge in [-0.2, -0.15) is 5.26 Å². The average molecular weight is 141 g/mol. The summed E-state index contributed by atoms with van der Waals surface area (Å²) >= 11 is 0. The number of nitriles is 1. The van der Waals surface area contributed by atoms with Crippen molar-refractivity contribution in [1.82, 2.24) is 10.2 Å². The second-order valence-corrected chi connectivity index (χ2v) is 1.85. The van der Waals surface area contributed by atoms with E-state index in [-0.39, 0.29) is 12.6 Å². The number of carbonyl (C=O) groups is 1. The molecule has 4 nitrogen and oxygen atoms in total. The van der Waals surface area contributed by atoms with Gasteiger partial charge >= 0.3 is 6.03 Å². The lowest BCUT2D eigenvalue weighted by molar-refractivity contribution is 0.214. The molecular formula is C6H11N3O. The van der Waals surface area contributed by atoms with Crippen molar-refractivity contribution in [2.24, 2.45) is 0 Å². The number of nitrogens with one attached hydrogen (secondary N) is 1. The number of nitrogens with zero attached hydrogens (tertiary/aromatic N) is 2. The molecule has 0 aliphatic carbocycles. The molecule has 0 atom stereocenters. The van der Waals surface area contributed by atoms with E-state index in [0.717, 1.165) is 0 Å². The molecule has 0 aliphatic rings. The van der Waals surface area contributed by atoms with Crippen LogP contribution in [0, 0.1) is 11.3 Å².